The van der Waals surface area contributed by atoms with Crippen LogP contribution in [0.2, 0.25) is 5.02 Å². The molecule has 0 saturated carbocycles. The normalized spacial score (nSPS) is 13.7. The number of hydrogen-bond acceptors (Lipinski definition) is 3. The zero-order chi connectivity index (χ0) is 15.2. The minimum absolute atomic E-state index is 0.0541. The van der Waals surface area contributed by atoms with Crippen molar-refractivity contribution in [2.75, 3.05) is 7.11 Å². The van der Waals surface area contributed by atoms with Gasteiger partial charge in [-0.05, 0) is 36.2 Å². The first kappa shape index (κ1) is 16.2. The molecule has 21 heavy (non-hydrogen) atoms. The van der Waals surface area contributed by atoms with E-state index in [1.165, 1.54) is 0 Å². The number of hydrogen-bond donors (Lipinski definition) is 1. The van der Waals surface area contributed by atoms with Crippen LogP contribution in [0.3, 0.4) is 0 Å². The first-order chi connectivity index (χ1) is 10.2. The molecule has 0 saturated heterocycles. The summed E-state index contributed by atoms with van der Waals surface area (Å²) in [5.41, 5.74) is 7.48. The Morgan fingerprint density at radius 2 is 1.95 bits per heavy atom. The fraction of sp³-hybridized carbons (Fsp3) is 0.294. The number of methoxy groups -OCH3 is 1. The molecule has 0 heterocycles. The van der Waals surface area contributed by atoms with Crippen LogP contribution in [0.5, 0.6) is 5.75 Å². The number of rotatable bonds is 6. The van der Waals surface area contributed by atoms with E-state index in [-0.39, 0.29) is 11.3 Å². The Kier molecular flexibility index (Phi) is 5.97. The van der Waals surface area contributed by atoms with Crippen molar-refractivity contribution in [1.29, 1.82) is 0 Å². The molecular weight excluding hydrogens is 302 g/mol. The van der Waals surface area contributed by atoms with Gasteiger partial charge in [0.2, 0.25) is 0 Å². The zero-order valence-corrected chi connectivity index (χ0v) is 13.8. The first-order valence-electron chi connectivity index (χ1n) is 6.96. The van der Waals surface area contributed by atoms with Crippen LogP contribution in [0.4, 0.5) is 0 Å². The molecule has 2 nitrogen and oxygen atoms in total. The lowest BCUT2D eigenvalue weighted by Gasteiger charge is -2.24. The standard InChI is InChI=1S/C17H20ClNOS/c1-3-14(19)17(12-7-6-8-13(18)11-12)21-16-10-5-4-9-15(16)20-2/h4-11,14,17H,3,19H2,1-2H3. The Bertz CT molecular complexity index is 591. The van der Waals surface area contributed by atoms with Gasteiger partial charge in [0.15, 0.2) is 0 Å². The summed E-state index contributed by atoms with van der Waals surface area (Å²) in [6, 6.07) is 16.0. The Hall–Kier alpha value is -1.16. The maximum absolute atomic E-state index is 6.33. The van der Waals surface area contributed by atoms with Gasteiger partial charge in [0.25, 0.3) is 0 Å². The van der Waals surface area contributed by atoms with Gasteiger partial charge in [-0.15, -0.1) is 11.8 Å². The van der Waals surface area contributed by atoms with E-state index in [2.05, 4.69) is 19.1 Å². The number of ether oxygens (including phenoxy) is 1. The third kappa shape index (κ3) is 4.16. The third-order valence-corrected chi connectivity index (χ3v) is 5.06. The van der Waals surface area contributed by atoms with Crippen LogP contribution in [-0.2, 0) is 0 Å². The maximum Gasteiger partial charge on any atom is 0.132 e. The van der Waals surface area contributed by atoms with Gasteiger partial charge in [0.1, 0.15) is 5.75 Å². The van der Waals surface area contributed by atoms with Crippen LogP contribution in [0, 0.1) is 0 Å². The summed E-state index contributed by atoms with van der Waals surface area (Å²) in [6.45, 7) is 2.10. The van der Waals surface area contributed by atoms with Crippen molar-refractivity contribution in [3.63, 3.8) is 0 Å². The van der Waals surface area contributed by atoms with E-state index in [0.29, 0.717) is 0 Å². The van der Waals surface area contributed by atoms with Gasteiger partial charge in [-0.2, -0.15) is 0 Å². The van der Waals surface area contributed by atoms with E-state index in [9.17, 15) is 0 Å². The molecule has 0 aliphatic rings. The molecule has 0 amide bonds. The lowest BCUT2D eigenvalue weighted by Crippen LogP contribution is -2.25. The van der Waals surface area contributed by atoms with Crippen molar-refractivity contribution in [2.24, 2.45) is 5.73 Å². The molecule has 0 bridgehead atoms. The highest BCUT2D eigenvalue weighted by molar-refractivity contribution is 7.99. The molecule has 4 heteroatoms. The Labute approximate surface area is 135 Å². The predicted octanol–water partition coefficient (Wildman–Crippen LogP) is 4.92. The number of benzene rings is 2. The molecule has 0 radical (unpaired) electrons. The van der Waals surface area contributed by atoms with E-state index < -0.39 is 0 Å². The van der Waals surface area contributed by atoms with Crippen molar-refractivity contribution >= 4 is 23.4 Å². The van der Waals surface area contributed by atoms with Crippen LogP contribution >= 0.6 is 23.4 Å². The maximum atomic E-state index is 6.33. The topological polar surface area (TPSA) is 35.2 Å². The SMILES string of the molecule is CCC(N)C(Sc1ccccc1OC)c1cccc(Cl)c1. The van der Waals surface area contributed by atoms with Gasteiger partial charge in [0, 0.05) is 21.2 Å². The molecule has 0 spiro atoms. The number of para-hydroxylation sites is 1. The Morgan fingerprint density at radius 1 is 1.19 bits per heavy atom. The minimum Gasteiger partial charge on any atom is -0.496 e. The second-order valence-corrected chi connectivity index (χ2v) is 6.44. The lowest BCUT2D eigenvalue weighted by molar-refractivity contribution is 0.404. The molecule has 2 atom stereocenters. The van der Waals surface area contributed by atoms with Crippen LogP contribution in [0.15, 0.2) is 53.4 Å². The molecule has 2 N–H and O–H groups in total. The van der Waals surface area contributed by atoms with Crippen LogP contribution in [-0.4, -0.2) is 13.2 Å². The zero-order valence-electron chi connectivity index (χ0n) is 12.3. The second kappa shape index (κ2) is 7.74. The number of thioether (sulfide) groups is 1. The highest BCUT2D eigenvalue weighted by Crippen LogP contribution is 2.42. The summed E-state index contributed by atoms with van der Waals surface area (Å²) in [6.07, 6.45) is 0.902. The van der Waals surface area contributed by atoms with Crippen molar-refractivity contribution < 1.29 is 4.74 Å². The van der Waals surface area contributed by atoms with Gasteiger partial charge < -0.3 is 10.5 Å². The molecule has 2 aromatic rings. The quantitative estimate of drug-likeness (QED) is 0.767. The number of halogens is 1. The summed E-state index contributed by atoms with van der Waals surface area (Å²) in [5.74, 6) is 0.873. The van der Waals surface area contributed by atoms with Crippen molar-refractivity contribution in [1.82, 2.24) is 0 Å². The van der Waals surface area contributed by atoms with E-state index in [0.717, 1.165) is 27.7 Å². The summed E-state index contributed by atoms with van der Waals surface area (Å²) in [7, 11) is 1.69. The largest absolute Gasteiger partial charge is 0.496 e. The van der Waals surface area contributed by atoms with E-state index in [1.54, 1.807) is 18.9 Å². The summed E-state index contributed by atoms with van der Waals surface area (Å²) >= 11 is 7.85. The fourth-order valence-corrected chi connectivity index (χ4v) is 3.70. The van der Waals surface area contributed by atoms with Gasteiger partial charge in [-0.25, -0.2) is 0 Å². The van der Waals surface area contributed by atoms with Crippen LogP contribution in [0.25, 0.3) is 0 Å². The highest BCUT2D eigenvalue weighted by Gasteiger charge is 2.21. The summed E-state index contributed by atoms with van der Waals surface area (Å²) in [4.78, 5) is 1.09. The molecule has 0 aliphatic heterocycles. The lowest BCUT2D eigenvalue weighted by atomic mass is 10.0. The molecule has 2 aromatic carbocycles. The average Bonchev–Trinajstić information content (AvgIpc) is 2.52. The molecular formula is C17H20ClNOS. The molecule has 112 valence electrons. The predicted molar refractivity (Wildman–Crippen MR) is 91.3 cm³/mol. The van der Waals surface area contributed by atoms with Crippen molar-refractivity contribution in [2.45, 2.75) is 29.5 Å². The van der Waals surface area contributed by atoms with E-state index >= 15 is 0 Å². The van der Waals surface area contributed by atoms with E-state index in [4.69, 9.17) is 22.1 Å². The van der Waals surface area contributed by atoms with Gasteiger partial charge in [-0.1, -0.05) is 42.8 Å². The first-order valence-corrected chi connectivity index (χ1v) is 8.22. The van der Waals surface area contributed by atoms with Gasteiger partial charge >= 0.3 is 0 Å². The summed E-state index contributed by atoms with van der Waals surface area (Å²) < 4.78 is 5.43. The Balaban J connectivity index is 2.33. The third-order valence-electron chi connectivity index (χ3n) is 3.36. The molecule has 0 aliphatic carbocycles. The molecule has 0 aromatic heterocycles. The number of nitrogens with two attached hydrogens (primary N) is 1. The second-order valence-electron chi connectivity index (χ2n) is 4.82. The summed E-state index contributed by atoms with van der Waals surface area (Å²) in [5, 5.41) is 0.881. The van der Waals surface area contributed by atoms with E-state index in [1.807, 2.05) is 36.4 Å². The highest BCUT2D eigenvalue weighted by atomic mass is 35.5. The van der Waals surface area contributed by atoms with Crippen molar-refractivity contribution in [3.05, 3.63) is 59.1 Å². The van der Waals surface area contributed by atoms with Crippen LogP contribution < -0.4 is 10.5 Å². The minimum atomic E-state index is 0.0541. The fourth-order valence-electron chi connectivity index (χ4n) is 2.15. The van der Waals surface area contributed by atoms with Crippen LogP contribution in [0.1, 0.15) is 24.2 Å². The monoisotopic (exact) mass is 321 g/mol. The molecule has 0 fully saturated rings. The Morgan fingerprint density at radius 3 is 2.62 bits per heavy atom. The molecule has 2 unspecified atom stereocenters. The van der Waals surface area contributed by atoms with Gasteiger partial charge in [-0.3, -0.25) is 0 Å². The van der Waals surface area contributed by atoms with Crippen molar-refractivity contribution in [3.8, 4) is 5.75 Å². The average molecular weight is 322 g/mol. The molecule has 2 rings (SSSR count). The van der Waals surface area contributed by atoms with Gasteiger partial charge in [0.05, 0.1) is 7.11 Å². The smallest absolute Gasteiger partial charge is 0.132 e.